The summed E-state index contributed by atoms with van der Waals surface area (Å²) >= 11 is 6.56. The summed E-state index contributed by atoms with van der Waals surface area (Å²) in [6.07, 6.45) is -0.942. The number of aldehydes is 1. The minimum absolute atomic E-state index is 0.486. The van der Waals surface area contributed by atoms with E-state index >= 15 is 0 Å². The van der Waals surface area contributed by atoms with Crippen molar-refractivity contribution in [3.63, 3.8) is 0 Å². The molecule has 0 spiro atoms. The minimum Gasteiger partial charge on any atom is -0.372 e. The summed E-state index contributed by atoms with van der Waals surface area (Å²) in [7, 11) is 4.00. The maximum atomic E-state index is 13.0. The van der Waals surface area contributed by atoms with Gasteiger partial charge in [0.15, 0.2) is 0 Å². The fourth-order valence-corrected chi connectivity index (χ4v) is 4.67. The van der Waals surface area contributed by atoms with Crippen LogP contribution >= 0.6 is 11.6 Å². The van der Waals surface area contributed by atoms with Gasteiger partial charge in [-0.15, -0.1) is 0 Å². The highest BCUT2D eigenvalue weighted by molar-refractivity contribution is 6.31. The van der Waals surface area contributed by atoms with E-state index in [9.17, 15) is 18.0 Å². The Morgan fingerprint density at radius 2 is 1.57 bits per heavy atom. The standard InChI is InChI=1S/C33H36ClF3N2O/c1-24(27-13-15-29(16-14-27)33(35,36)37)17-30(39(5)21-25-9-7-6-8-10-25)22-38(4)20-26-11-12-28(31(34)18-26)19-32(2,3)23-40/h6-18,23H,1,19-22H2,2-5H3/b30-17-. The minimum atomic E-state index is -4.38. The Labute approximate surface area is 240 Å². The molecule has 0 amide bonds. The molecule has 3 nitrogen and oxygen atoms in total. The summed E-state index contributed by atoms with van der Waals surface area (Å²) < 4.78 is 39.1. The van der Waals surface area contributed by atoms with E-state index in [1.165, 1.54) is 12.1 Å². The van der Waals surface area contributed by atoms with Gasteiger partial charge in [0.1, 0.15) is 6.29 Å². The number of allylic oxidation sites excluding steroid dienone is 2. The average molecular weight is 569 g/mol. The molecule has 0 aliphatic rings. The van der Waals surface area contributed by atoms with E-state index in [0.29, 0.717) is 42.2 Å². The third-order valence-corrected chi connectivity index (χ3v) is 7.00. The Morgan fingerprint density at radius 1 is 0.925 bits per heavy atom. The van der Waals surface area contributed by atoms with Gasteiger partial charge < -0.3 is 9.69 Å². The normalized spacial score (nSPS) is 12.5. The predicted octanol–water partition coefficient (Wildman–Crippen LogP) is 8.29. The second-order valence-corrected chi connectivity index (χ2v) is 11.4. The molecule has 0 aliphatic carbocycles. The number of halogens is 4. The van der Waals surface area contributed by atoms with Gasteiger partial charge in [-0.2, -0.15) is 13.2 Å². The molecule has 0 atom stereocenters. The van der Waals surface area contributed by atoms with E-state index in [2.05, 4.69) is 28.5 Å². The first-order chi connectivity index (χ1) is 18.8. The first kappa shape index (κ1) is 31.2. The Morgan fingerprint density at radius 3 is 2.15 bits per heavy atom. The Kier molecular flexibility index (Phi) is 10.4. The molecule has 40 heavy (non-hydrogen) atoms. The molecule has 3 rings (SSSR count). The Hall–Kier alpha value is -3.35. The van der Waals surface area contributed by atoms with E-state index in [1.54, 1.807) is 0 Å². The number of carbonyl (C=O) groups is 1. The van der Waals surface area contributed by atoms with Gasteiger partial charge >= 0.3 is 6.18 Å². The highest BCUT2D eigenvalue weighted by Crippen LogP contribution is 2.30. The van der Waals surface area contributed by atoms with E-state index in [1.807, 2.05) is 70.4 Å². The van der Waals surface area contributed by atoms with Crippen LogP contribution in [-0.2, 0) is 30.5 Å². The summed E-state index contributed by atoms with van der Waals surface area (Å²) in [5.74, 6) is 0. The topological polar surface area (TPSA) is 23.6 Å². The number of likely N-dealkylation sites (N-methyl/N-ethyl adjacent to an activating group) is 2. The summed E-state index contributed by atoms with van der Waals surface area (Å²) in [5.41, 5.74) is 4.15. The van der Waals surface area contributed by atoms with Gasteiger partial charge in [-0.1, -0.05) is 86.6 Å². The molecule has 0 heterocycles. The number of hydrogen-bond donors (Lipinski definition) is 0. The molecular weight excluding hydrogens is 533 g/mol. The maximum Gasteiger partial charge on any atom is 0.416 e. The molecule has 0 fully saturated rings. The lowest BCUT2D eigenvalue weighted by molar-refractivity contribution is -0.137. The monoisotopic (exact) mass is 568 g/mol. The highest BCUT2D eigenvalue weighted by atomic mass is 35.5. The molecule has 0 saturated heterocycles. The second kappa shape index (κ2) is 13.3. The number of alkyl halides is 3. The Balaban J connectivity index is 1.80. The third kappa shape index (κ3) is 9.10. The number of carbonyl (C=O) groups excluding carboxylic acids is 1. The van der Waals surface area contributed by atoms with Crippen LogP contribution in [0.4, 0.5) is 13.2 Å². The van der Waals surface area contributed by atoms with Crippen LogP contribution < -0.4 is 0 Å². The van der Waals surface area contributed by atoms with Crippen LogP contribution in [0, 0.1) is 5.41 Å². The summed E-state index contributed by atoms with van der Waals surface area (Å²) in [6.45, 7) is 9.78. The molecule has 7 heteroatoms. The predicted molar refractivity (Wildman–Crippen MR) is 158 cm³/mol. The number of benzene rings is 3. The van der Waals surface area contributed by atoms with Gasteiger partial charge in [0.05, 0.1) is 5.56 Å². The van der Waals surface area contributed by atoms with Crippen LogP contribution in [0.2, 0.25) is 5.02 Å². The van der Waals surface area contributed by atoms with Crippen molar-refractivity contribution < 1.29 is 18.0 Å². The molecule has 3 aromatic rings. The molecule has 0 aliphatic heterocycles. The largest absolute Gasteiger partial charge is 0.416 e. The molecule has 0 radical (unpaired) electrons. The molecule has 3 aromatic carbocycles. The molecule has 212 valence electrons. The molecule has 0 bridgehead atoms. The molecule has 0 aromatic heterocycles. The van der Waals surface area contributed by atoms with Crippen molar-refractivity contribution in [1.82, 2.24) is 9.80 Å². The molecule has 0 N–H and O–H groups in total. The van der Waals surface area contributed by atoms with Crippen molar-refractivity contribution in [2.45, 2.75) is 39.5 Å². The zero-order valence-corrected chi connectivity index (χ0v) is 24.2. The fraction of sp³-hybridized carbons (Fsp3) is 0.303. The lowest BCUT2D eigenvalue weighted by Crippen LogP contribution is -2.28. The van der Waals surface area contributed by atoms with Gasteiger partial charge in [0.2, 0.25) is 0 Å². The fourth-order valence-electron chi connectivity index (χ4n) is 4.40. The molecule has 0 unspecified atom stereocenters. The van der Waals surface area contributed by atoms with Crippen LogP contribution in [-0.4, -0.2) is 36.7 Å². The summed E-state index contributed by atoms with van der Waals surface area (Å²) in [6, 6.07) is 21.1. The van der Waals surface area contributed by atoms with Crippen LogP contribution in [0.3, 0.4) is 0 Å². The summed E-state index contributed by atoms with van der Waals surface area (Å²) in [5, 5.41) is 0.633. The first-order valence-electron chi connectivity index (χ1n) is 13.0. The van der Waals surface area contributed by atoms with Gasteiger partial charge in [-0.25, -0.2) is 0 Å². The Bertz CT molecular complexity index is 1330. The van der Waals surface area contributed by atoms with Crippen LogP contribution in [0.15, 0.2) is 91.1 Å². The van der Waals surface area contributed by atoms with Crippen molar-refractivity contribution in [2.24, 2.45) is 5.41 Å². The number of rotatable bonds is 12. The highest BCUT2D eigenvalue weighted by Gasteiger charge is 2.30. The van der Waals surface area contributed by atoms with Crippen molar-refractivity contribution in [2.75, 3.05) is 20.6 Å². The zero-order chi connectivity index (χ0) is 29.5. The first-order valence-corrected chi connectivity index (χ1v) is 13.4. The van der Waals surface area contributed by atoms with E-state index in [-0.39, 0.29) is 0 Å². The molecular formula is C33H36ClF3N2O. The van der Waals surface area contributed by atoms with E-state index < -0.39 is 17.2 Å². The van der Waals surface area contributed by atoms with Crippen molar-refractivity contribution in [3.05, 3.63) is 124 Å². The van der Waals surface area contributed by atoms with Crippen molar-refractivity contribution in [1.29, 1.82) is 0 Å². The van der Waals surface area contributed by atoms with Crippen molar-refractivity contribution in [3.8, 4) is 0 Å². The van der Waals surface area contributed by atoms with Crippen LogP contribution in [0.5, 0.6) is 0 Å². The van der Waals surface area contributed by atoms with Crippen LogP contribution in [0.25, 0.3) is 5.57 Å². The smallest absolute Gasteiger partial charge is 0.372 e. The lowest BCUT2D eigenvalue weighted by atomic mass is 9.87. The lowest BCUT2D eigenvalue weighted by Gasteiger charge is -2.28. The third-order valence-electron chi connectivity index (χ3n) is 6.64. The van der Waals surface area contributed by atoms with Gasteiger partial charge in [-0.05, 0) is 65.6 Å². The maximum absolute atomic E-state index is 13.0. The summed E-state index contributed by atoms with van der Waals surface area (Å²) in [4.78, 5) is 15.6. The van der Waals surface area contributed by atoms with Gasteiger partial charge in [0.25, 0.3) is 0 Å². The second-order valence-electron chi connectivity index (χ2n) is 11.0. The van der Waals surface area contributed by atoms with Crippen LogP contribution in [0.1, 0.15) is 41.7 Å². The number of hydrogen-bond acceptors (Lipinski definition) is 3. The van der Waals surface area contributed by atoms with Gasteiger partial charge in [0, 0.05) is 42.8 Å². The molecule has 0 saturated carbocycles. The van der Waals surface area contributed by atoms with E-state index in [0.717, 1.165) is 40.8 Å². The van der Waals surface area contributed by atoms with Gasteiger partial charge in [-0.3, -0.25) is 4.90 Å². The SMILES string of the molecule is C=C(/C=C(/CN(C)Cc1ccc(CC(C)(C)C=O)c(Cl)c1)N(C)Cc1ccccc1)c1ccc(C(F)(F)F)cc1. The van der Waals surface area contributed by atoms with Crippen molar-refractivity contribution >= 4 is 23.5 Å². The van der Waals surface area contributed by atoms with E-state index in [4.69, 9.17) is 11.6 Å². The zero-order valence-electron chi connectivity index (χ0n) is 23.4. The average Bonchev–Trinajstić information content (AvgIpc) is 2.90. The quantitative estimate of drug-likeness (QED) is 0.162. The number of nitrogens with zero attached hydrogens (tertiary/aromatic N) is 2.